The van der Waals surface area contributed by atoms with Crippen LogP contribution in [0.1, 0.15) is 13.8 Å². The third-order valence-corrected chi connectivity index (χ3v) is 3.55. The molecule has 0 aromatic heterocycles. The molecule has 0 heterocycles. The number of benzene rings is 1. The zero-order valence-electron chi connectivity index (χ0n) is 9.76. The first-order chi connectivity index (χ1) is 7.54. The van der Waals surface area contributed by atoms with E-state index >= 15 is 0 Å². The van der Waals surface area contributed by atoms with Crippen LogP contribution in [-0.2, 0) is 4.74 Å². The highest BCUT2D eigenvalue weighted by molar-refractivity contribution is 14.1. The Morgan fingerprint density at radius 2 is 2.12 bits per heavy atom. The van der Waals surface area contributed by atoms with Gasteiger partial charge in [-0.2, -0.15) is 0 Å². The van der Waals surface area contributed by atoms with Crippen LogP contribution in [0.4, 0.5) is 5.69 Å². The first-order valence-electron chi connectivity index (χ1n) is 5.25. The van der Waals surface area contributed by atoms with E-state index in [-0.39, 0.29) is 0 Å². The fourth-order valence-electron chi connectivity index (χ4n) is 1.39. The number of hydrogen-bond acceptors (Lipinski definition) is 2. The molecule has 2 nitrogen and oxygen atoms in total. The Hall–Kier alpha value is -0.000000000000000111. The number of anilines is 1. The molecule has 0 radical (unpaired) electrons. The van der Waals surface area contributed by atoms with Crippen molar-refractivity contribution in [2.24, 2.45) is 5.92 Å². The average molecular weight is 354 g/mol. The van der Waals surface area contributed by atoms with Crippen LogP contribution >= 0.6 is 34.2 Å². The largest absolute Gasteiger partial charge is 0.383 e. The quantitative estimate of drug-likeness (QED) is 0.807. The molecule has 0 fully saturated rings. The maximum absolute atomic E-state index is 5.92. The summed E-state index contributed by atoms with van der Waals surface area (Å²) in [5.41, 5.74) is 1.11. The van der Waals surface area contributed by atoms with Crippen molar-refractivity contribution in [1.82, 2.24) is 0 Å². The lowest BCUT2D eigenvalue weighted by Gasteiger charge is -2.23. The topological polar surface area (TPSA) is 21.3 Å². The minimum atomic E-state index is 0.319. The van der Waals surface area contributed by atoms with Crippen molar-refractivity contribution in [1.29, 1.82) is 0 Å². The van der Waals surface area contributed by atoms with E-state index in [1.165, 1.54) is 0 Å². The maximum atomic E-state index is 5.92. The van der Waals surface area contributed by atoms with Gasteiger partial charge in [0.05, 0.1) is 12.6 Å². The van der Waals surface area contributed by atoms with Crippen molar-refractivity contribution in [3.05, 3.63) is 26.8 Å². The summed E-state index contributed by atoms with van der Waals surface area (Å²) in [4.78, 5) is 0. The smallest absolute Gasteiger partial charge is 0.0666 e. The molecule has 90 valence electrons. The van der Waals surface area contributed by atoms with E-state index in [1.54, 1.807) is 7.11 Å². The van der Waals surface area contributed by atoms with Crippen LogP contribution in [0, 0.1) is 9.49 Å². The summed E-state index contributed by atoms with van der Waals surface area (Å²) in [5.74, 6) is 0.520. The fourth-order valence-corrected chi connectivity index (χ4v) is 2.41. The molecule has 0 saturated carbocycles. The predicted molar refractivity (Wildman–Crippen MR) is 78.3 cm³/mol. The van der Waals surface area contributed by atoms with Gasteiger partial charge in [-0.3, -0.25) is 0 Å². The van der Waals surface area contributed by atoms with Crippen LogP contribution in [0.3, 0.4) is 0 Å². The second-order valence-corrected chi connectivity index (χ2v) is 5.67. The molecule has 16 heavy (non-hydrogen) atoms. The van der Waals surface area contributed by atoms with Crippen molar-refractivity contribution in [2.45, 2.75) is 19.9 Å². The number of nitrogens with one attached hydrogen (secondary N) is 1. The lowest BCUT2D eigenvalue weighted by molar-refractivity contribution is 0.171. The van der Waals surface area contributed by atoms with Gasteiger partial charge in [-0.15, -0.1) is 0 Å². The highest BCUT2D eigenvalue weighted by Gasteiger charge is 2.14. The fraction of sp³-hybridized carbons (Fsp3) is 0.500. The standard InChI is InChI=1S/C12H17ClINO/c1-8(2)12(7-16-3)15-11-5-4-9(13)6-10(11)14/h4-6,8,12,15H,7H2,1-3H3. The Balaban J connectivity index is 2.77. The van der Waals surface area contributed by atoms with Crippen LogP contribution in [0.25, 0.3) is 0 Å². The molecule has 0 aliphatic heterocycles. The average Bonchev–Trinajstić information content (AvgIpc) is 2.20. The molecule has 1 aromatic rings. The van der Waals surface area contributed by atoms with Gasteiger partial charge in [0.1, 0.15) is 0 Å². The Morgan fingerprint density at radius 3 is 2.62 bits per heavy atom. The van der Waals surface area contributed by atoms with E-state index < -0.39 is 0 Å². The Morgan fingerprint density at radius 1 is 1.44 bits per heavy atom. The summed E-state index contributed by atoms with van der Waals surface area (Å²) in [7, 11) is 1.73. The first-order valence-corrected chi connectivity index (χ1v) is 6.70. The summed E-state index contributed by atoms with van der Waals surface area (Å²) < 4.78 is 6.34. The van der Waals surface area contributed by atoms with Gasteiger partial charge >= 0.3 is 0 Å². The molecule has 1 atom stereocenters. The molecular weight excluding hydrogens is 336 g/mol. The van der Waals surface area contributed by atoms with Crippen LogP contribution in [0.15, 0.2) is 18.2 Å². The number of hydrogen-bond donors (Lipinski definition) is 1. The predicted octanol–water partition coefficient (Wildman–Crippen LogP) is 4.03. The van der Waals surface area contributed by atoms with E-state index in [1.807, 2.05) is 18.2 Å². The highest BCUT2D eigenvalue weighted by Crippen LogP contribution is 2.24. The highest BCUT2D eigenvalue weighted by atomic mass is 127. The van der Waals surface area contributed by atoms with Gasteiger partial charge in [0.2, 0.25) is 0 Å². The molecule has 1 unspecified atom stereocenters. The molecule has 0 aliphatic rings. The van der Waals surface area contributed by atoms with Crippen molar-refractivity contribution >= 4 is 39.9 Å². The molecule has 0 saturated heterocycles. The Labute approximate surface area is 116 Å². The van der Waals surface area contributed by atoms with Crippen LogP contribution in [0.5, 0.6) is 0 Å². The second kappa shape index (κ2) is 6.67. The zero-order valence-corrected chi connectivity index (χ0v) is 12.7. The molecule has 0 amide bonds. The molecular formula is C12H17ClINO. The Kier molecular flexibility index (Phi) is 5.86. The minimum Gasteiger partial charge on any atom is -0.383 e. The van der Waals surface area contributed by atoms with E-state index in [2.05, 4.69) is 41.8 Å². The molecule has 1 aromatic carbocycles. The number of ether oxygens (including phenoxy) is 1. The molecule has 1 N–H and O–H groups in total. The summed E-state index contributed by atoms with van der Waals surface area (Å²) in [5, 5.41) is 4.25. The molecule has 0 bridgehead atoms. The van der Waals surface area contributed by atoms with Crippen LogP contribution in [-0.4, -0.2) is 19.8 Å². The monoisotopic (exact) mass is 353 g/mol. The number of methoxy groups -OCH3 is 1. The maximum Gasteiger partial charge on any atom is 0.0666 e. The van der Waals surface area contributed by atoms with Gasteiger partial charge in [-0.1, -0.05) is 25.4 Å². The third kappa shape index (κ3) is 4.11. The van der Waals surface area contributed by atoms with Gasteiger partial charge in [0, 0.05) is 21.4 Å². The molecule has 0 aliphatic carbocycles. The van der Waals surface area contributed by atoms with E-state index in [9.17, 15) is 0 Å². The van der Waals surface area contributed by atoms with Crippen molar-refractivity contribution in [2.75, 3.05) is 19.0 Å². The molecule has 4 heteroatoms. The van der Waals surface area contributed by atoms with Crippen molar-refractivity contribution in [3.8, 4) is 0 Å². The SMILES string of the molecule is COCC(Nc1ccc(Cl)cc1I)C(C)C. The van der Waals surface area contributed by atoms with Crippen molar-refractivity contribution in [3.63, 3.8) is 0 Å². The first kappa shape index (κ1) is 14.1. The summed E-state index contributed by atoms with van der Waals surface area (Å²) in [6.45, 7) is 5.06. The van der Waals surface area contributed by atoms with Gasteiger partial charge < -0.3 is 10.1 Å². The lowest BCUT2D eigenvalue weighted by Crippen LogP contribution is -2.30. The molecule has 0 spiro atoms. The van der Waals surface area contributed by atoms with E-state index in [4.69, 9.17) is 16.3 Å². The van der Waals surface area contributed by atoms with Gasteiger partial charge in [-0.25, -0.2) is 0 Å². The van der Waals surface area contributed by atoms with E-state index in [0.717, 1.165) is 14.3 Å². The van der Waals surface area contributed by atoms with Gasteiger partial charge in [-0.05, 0) is 46.7 Å². The summed E-state index contributed by atoms with van der Waals surface area (Å²) in [6.07, 6.45) is 0. The normalized spacial score (nSPS) is 12.9. The van der Waals surface area contributed by atoms with E-state index in [0.29, 0.717) is 18.6 Å². The Bertz CT molecular complexity index is 344. The van der Waals surface area contributed by atoms with Crippen LogP contribution in [0.2, 0.25) is 5.02 Å². The molecule has 1 rings (SSSR count). The number of halogens is 2. The lowest BCUT2D eigenvalue weighted by atomic mass is 10.1. The number of rotatable bonds is 5. The third-order valence-electron chi connectivity index (χ3n) is 2.42. The van der Waals surface area contributed by atoms with Gasteiger partial charge in [0.25, 0.3) is 0 Å². The summed E-state index contributed by atoms with van der Waals surface area (Å²) >= 11 is 8.20. The van der Waals surface area contributed by atoms with Crippen molar-refractivity contribution < 1.29 is 4.74 Å². The minimum absolute atomic E-state index is 0.319. The summed E-state index contributed by atoms with van der Waals surface area (Å²) in [6, 6.07) is 6.18. The van der Waals surface area contributed by atoms with Crippen LogP contribution < -0.4 is 5.32 Å². The zero-order chi connectivity index (χ0) is 12.1. The second-order valence-electron chi connectivity index (χ2n) is 4.07. The van der Waals surface area contributed by atoms with Gasteiger partial charge in [0.15, 0.2) is 0 Å².